The minimum absolute atomic E-state index is 0.0782. The van der Waals surface area contributed by atoms with Gasteiger partial charge in [0.05, 0.1) is 0 Å². The Bertz CT molecular complexity index is 568. The Hall–Kier alpha value is -1.55. The molecule has 4 heteroatoms. The summed E-state index contributed by atoms with van der Waals surface area (Å²) in [6, 6.07) is 6.38. The van der Waals surface area contributed by atoms with Crippen LogP contribution in [0.3, 0.4) is 0 Å². The summed E-state index contributed by atoms with van der Waals surface area (Å²) in [4.78, 5) is 14.8. The highest BCUT2D eigenvalue weighted by Gasteiger charge is 2.42. The molecule has 4 nitrogen and oxygen atoms in total. The number of nitrogens with zero attached hydrogens (tertiary/aromatic N) is 1. The number of amides is 1. The Morgan fingerprint density at radius 2 is 2.17 bits per heavy atom. The van der Waals surface area contributed by atoms with Gasteiger partial charge in [-0.15, -0.1) is 0 Å². The van der Waals surface area contributed by atoms with Crippen molar-refractivity contribution >= 4 is 11.6 Å². The number of benzene rings is 1. The van der Waals surface area contributed by atoms with E-state index in [4.69, 9.17) is 5.84 Å². The molecule has 1 aliphatic rings. The van der Waals surface area contributed by atoms with E-state index in [0.717, 1.165) is 25.7 Å². The van der Waals surface area contributed by atoms with Gasteiger partial charge < -0.3 is 4.90 Å². The number of nitrogens with two attached hydrogens (primary N) is 1. The minimum Gasteiger partial charge on any atom is -0.354 e. The largest absolute Gasteiger partial charge is 0.354 e. The molecule has 0 saturated heterocycles. The number of fused-ring (bicyclic) bond motifs is 1. The predicted octanol–water partition coefficient (Wildman–Crippen LogP) is 3.64. The highest BCUT2D eigenvalue weighted by Crippen LogP contribution is 2.45. The molecule has 0 spiro atoms. The lowest BCUT2D eigenvalue weighted by Gasteiger charge is -2.50. The van der Waals surface area contributed by atoms with Crippen molar-refractivity contribution in [3.05, 3.63) is 29.3 Å². The third-order valence-electron chi connectivity index (χ3n) is 5.02. The lowest BCUT2D eigenvalue weighted by Crippen LogP contribution is -2.59. The lowest BCUT2D eigenvalue weighted by atomic mass is 9.78. The molecule has 0 fully saturated rings. The molecule has 0 aromatic heterocycles. The zero-order chi connectivity index (χ0) is 17.2. The van der Waals surface area contributed by atoms with Crippen molar-refractivity contribution < 1.29 is 4.79 Å². The third-order valence-corrected chi connectivity index (χ3v) is 5.02. The summed E-state index contributed by atoms with van der Waals surface area (Å²) >= 11 is 0. The maximum atomic E-state index is 12.5. The zero-order valence-electron chi connectivity index (χ0n) is 15.1. The van der Waals surface area contributed by atoms with Crippen LogP contribution >= 0.6 is 0 Å². The molecule has 0 unspecified atom stereocenters. The average molecular weight is 317 g/mol. The van der Waals surface area contributed by atoms with Crippen LogP contribution < -0.4 is 16.2 Å². The van der Waals surface area contributed by atoms with Crippen molar-refractivity contribution in [1.29, 1.82) is 0 Å². The van der Waals surface area contributed by atoms with E-state index in [1.54, 1.807) is 0 Å². The Morgan fingerprint density at radius 1 is 1.48 bits per heavy atom. The number of hydrogen-bond donors (Lipinski definition) is 2. The second-order valence-electron chi connectivity index (χ2n) is 7.52. The molecule has 1 aromatic carbocycles. The standard InChI is InChI=1S/C19H31N3O/c1-6-7-8-16(18(23)21-20)22-17-11-13(2)9-10-15(17)14(3)12-19(22,4)5/h9-11,14,16H,6-8,12,20H2,1-5H3,(H,21,23)/t14-,16+/m1/s1. The SMILES string of the molecule is CCCC[C@@H](C(=O)NN)N1c2cc(C)ccc2[C@H](C)CC1(C)C. The fourth-order valence-electron chi connectivity index (χ4n) is 4.02. The number of rotatable bonds is 5. The Kier molecular flexibility index (Phi) is 5.35. The van der Waals surface area contributed by atoms with Crippen LogP contribution in [-0.4, -0.2) is 17.5 Å². The molecule has 0 bridgehead atoms. The van der Waals surface area contributed by atoms with Crippen LogP contribution in [-0.2, 0) is 4.79 Å². The molecule has 0 radical (unpaired) electrons. The maximum absolute atomic E-state index is 12.5. The first-order chi connectivity index (χ1) is 10.8. The number of unbranched alkanes of at least 4 members (excludes halogenated alkanes) is 1. The van der Waals surface area contributed by atoms with E-state index in [2.05, 4.69) is 63.1 Å². The van der Waals surface area contributed by atoms with Gasteiger partial charge in [-0.1, -0.05) is 38.8 Å². The van der Waals surface area contributed by atoms with Gasteiger partial charge in [-0.05, 0) is 56.7 Å². The molecular weight excluding hydrogens is 286 g/mol. The first-order valence-corrected chi connectivity index (χ1v) is 8.72. The van der Waals surface area contributed by atoms with Crippen LogP contribution in [0.2, 0.25) is 0 Å². The Labute approximate surface area is 140 Å². The summed E-state index contributed by atoms with van der Waals surface area (Å²) in [7, 11) is 0. The van der Waals surface area contributed by atoms with E-state index >= 15 is 0 Å². The van der Waals surface area contributed by atoms with Gasteiger partial charge in [0.1, 0.15) is 6.04 Å². The fourth-order valence-corrected chi connectivity index (χ4v) is 4.02. The highest BCUT2D eigenvalue weighted by atomic mass is 16.2. The second-order valence-corrected chi connectivity index (χ2v) is 7.52. The Morgan fingerprint density at radius 3 is 2.78 bits per heavy atom. The van der Waals surface area contributed by atoms with Crippen molar-refractivity contribution in [2.45, 2.75) is 77.8 Å². The van der Waals surface area contributed by atoms with Crippen molar-refractivity contribution in [3.8, 4) is 0 Å². The summed E-state index contributed by atoms with van der Waals surface area (Å²) < 4.78 is 0. The molecule has 1 amide bonds. The average Bonchev–Trinajstić information content (AvgIpc) is 2.48. The number of anilines is 1. The van der Waals surface area contributed by atoms with Gasteiger partial charge >= 0.3 is 0 Å². The first kappa shape index (κ1) is 17.8. The van der Waals surface area contributed by atoms with Crippen molar-refractivity contribution in [3.63, 3.8) is 0 Å². The molecule has 1 aromatic rings. The monoisotopic (exact) mass is 317 g/mol. The maximum Gasteiger partial charge on any atom is 0.256 e. The van der Waals surface area contributed by atoms with Crippen LogP contribution in [0, 0.1) is 6.92 Å². The van der Waals surface area contributed by atoms with Crippen molar-refractivity contribution in [2.75, 3.05) is 4.90 Å². The minimum atomic E-state index is -0.219. The zero-order valence-corrected chi connectivity index (χ0v) is 15.1. The molecule has 23 heavy (non-hydrogen) atoms. The van der Waals surface area contributed by atoms with Crippen LogP contribution in [0.5, 0.6) is 0 Å². The number of nitrogens with one attached hydrogen (secondary N) is 1. The first-order valence-electron chi connectivity index (χ1n) is 8.72. The molecule has 0 saturated carbocycles. The van der Waals surface area contributed by atoms with Gasteiger partial charge in [-0.3, -0.25) is 10.2 Å². The summed E-state index contributed by atoms with van der Waals surface area (Å²) in [5, 5.41) is 0. The van der Waals surface area contributed by atoms with Gasteiger partial charge in [0.15, 0.2) is 0 Å². The third kappa shape index (κ3) is 3.52. The van der Waals surface area contributed by atoms with E-state index in [1.165, 1.54) is 16.8 Å². The van der Waals surface area contributed by atoms with Crippen LogP contribution in [0.4, 0.5) is 5.69 Å². The van der Waals surface area contributed by atoms with Gasteiger partial charge in [0.2, 0.25) is 0 Å². The van der Waals surface area contributed by atoms with E-state index in [0.29, 0.717) is 5.92 Å². The topological polar surface area (TPSA) is 58.4 Å². The number of carbonyl (C=O) groups excluding carboxylic acids is 1. The molecular formula is C19H31N3O. The lowest BCUT2D eigenvalue weighted by molar-refractivity contribution is -0.123. The summed E-state index contributed by atoms with van der Waals surface area (Å²) in [5.74, 6) is 5.89. The number of carbonyl (C=O) groups is 1. The summed E-state index contributed by atoms with van der Waals surface area (Å²) in [5.41, 5.74) is 6.06. The highest BCUT2D eigenvalue weighted by molar-refractivity contribution is 5.86. The number of hydrazine groups is 1. The Balaban J connectivity index is 2.53. The molecule has 1 heterocycles. The molecule has 2 rings (SSSR count). The molecule has 1 aliphatic heterocycles. The van der Waals surface area contributed by atoms with Crippen molar-refractivity contribution in [2.24, 2.45) is 5.84 Å². The van der Waals surface area contributed by atoms with Gasteiger partial charge in [0, 0.05) is 11.2 Å². The van der Waals surface area contributed by atoms with Gasteiger partial charge in [-0.2, -0.15) is 0 Å². The number of hydrogen-bond acceptors (Lipinski definition) is 3. The van der Waals surface area contributed by atoms with Crippen LogP contribution in [0.1, 0.15) is 70.4 Å². The second kappa shape index (κ2) is 6.91. The molecule has 2 atom stereocenters. The van der Waals surface area contributed by atoms with Crippen LogP contribution in [0.15, 0.2) is 18.2 Å². The predicted molar refractivity (Wildman–Crippen MR) is 96.4 cm³/mol. The van der Waals surface area contributed by atoms with Crippen LogP contribution in [0.25, 0.3) is 0 Å². The summed E-state index contributed by atoms with van der Waals surface area (Å²) in [6.45, 7) is 11.0. The smallest absolute Gasteiger partial charge is 0.256 e. The van der Waals surface area contributed by atoms with Gasteiger partial charge in [0.25, 0.3) is 5.91 Å². The fraction of sp³-hybridized carbons (Fsp3) is 0.632. The van der Waals surface area contributed by atoms with E-state index in [-0.39, 0.29) is 17.5 Å². The van der Waals surface area contributed by atoms with E-state index in [9.17, 15) is 4.79 Å². The molecule has 128 valence electrons. The molecule has 3 N–H and O–H groups in total. The molecule has 0 aliphatic carbocycles. The van der Waals surface area contributed by atoms with Gasteiger partial charge in [-0.25, -0.2) is 5.84 Å². The normalized spacial score (nSPS) is 20.8. The summed E-state index contributed by atoms with van der Waals surface area (Å²) in [6.07, 6.45) is 3.94. The van der Waals surface area contributed by atoms with E-state index < -0.39 is 0 Å². The van der Waals surface area contributed by atoms with Crippen molar-refractivity contribution in [1.82, 2.24) is 5.43 Å². The number of aryl methyl sites for hydroxylation is 1. The quantitative estimate of drug-likeness (QED) is 0.495. The van der Waals surface area contributed by atoms with E-state index in [1.807, 2.05) is 0 Å².